The molecule has 0 aliphatic heterocycles. The summed E-state index contributed by atoms with van der Waals surface area (Å²) >= 11 is 0. The van der Waals surface area contributed by atoms with E-state index in [0.29, 0.717) is 11.4 Å². The Balaban J connectivity index is 1.94. The summed E-state index contributed by atoms with van der Waals surface area (Å²) in [6.45, 7) is 0. The van der Waals surface area contributed by atoms with E-state index in [-0.39, 0.29) is 11.7 Å². The average molecular weight is 297 g/mol. The standard InChI is InChI=1S/C16H15N3O3/c1-19(16(21)22)14-7-11(4-5-18-14)12-6-13(9-17-8-12)15(20)10-2-3-10/h4-10H,2-3H2,1H3,(H,21,22). The molecule has 2 aromatic heterocycles. The number of aromatic nitrogens is 2. The fourth-order valence-electron chi connectivity index (χ4n) is 2.19. The van der Waals surface area contributed by atoms with E-state index < -0.39 is 6.09 Å². The van der Waals surface area contributed by atoms with E-state index in [1.54, 1.807) is 36.8 Å². The Kier molecular flexibility index (Phi) is 3.58. The normalized spacial score (nSPS) is 13.7. The summed E-state index contributed by atoms with van der Waals surface area (Å²) in [4.78, 5) is 32.3. The van der Waals surface area contributed by atoms with Crippen LogP contribution >= 0.6 is 0 Å². The van der Waals surface area contributed by atoms with Gasteiger partial charge in [-0.25, -0.2) is 9.78 Å². The van der Waals surface area contributed by atoms with Crippen molar-refractivity contribution in [2.75, 3.05) is 11.9 Å². The van der Waals surface area contributed by atoms with Gasteiger partial charge in [0, 0.05) is 42.7 Å². The highest BCUT2D eigenvalue weighted by Crippen LogP contribution is 2.33. The van der Waals surface area contributed by atoms with Gasteiger partial charge in [0.1, 0.15) is 5.82 Å². The predicted molar refractivity (Wildman–Crippen MR) is 81.0 cm³/mol. The number of hydrogen-bond donors (Lipinski definition) is 1. The van der Waals surface area contributed by atoms with Gasteiger partial charge in [-0.3, -0.25) is 14.7 Å². The van der Waals surface area contributed by atoms with Crippen molar-refractivity contribution in [2.45, 2.75) is 12.8 Å². The van der Waals surface area contributed by atoms with Crippen LogP contribution in [0.3, 0.4) is 0 Å². The van der Waals surface area contributed by atoms with Gasteiger partial charge < -0.3 is 5.11 Å². The maximum absolute atomic E-state index is 12.1. The largest absolute Gasteiger partial charge is 0.465 e. The van der Waals surface area contributed by atoms with E-state index in [0.717, 1.165) is 28.9 Å². The van der Waals surface area contributed by atoms with Crippen molar-refractivity contribution >= 4 is 17.7 Å². The van der Waals surface area contributed by atoms with Gasteiger partial charge in [0.15, 0.2) is 5.78 Å². The molecule has 2 heterocycles. The highest BCUT2D eigenvalue weighted by atomic mass is 16.4. The first-order chi connectivity index (χ1) is 10.6. The molecular weight excluding hydrogens is 282 g/mol. The van der Waals surface area contributed by atoms with Crippen molar-refractivity contribution in [1.82, 2.24) is 9.97 Å². The molecule has 1 aliphatic carbocycles. The summed E-state index contributed by atoms with van der Waals surface area (Å²) in [6.07, 6.45) is 5.59. The van der Waals surface area contributed by atoms with Gasteiger partial charge in [0.05, 0.1) is 0 Å². The first kappa shape index (κ1) is 14.2. The summed E-state index contributed by atoms with van der Waals surface area (Å²) in [5.74, 6) is 0.596. The van der Waals surface area contributed by atoms with E-state index in [2.05, 4.69) is 9.97 Å². The molecule has 0 spiro atoms. The third-order valence-electron chi connectivity index (χ3n) is 3.68. The van der Waals surface area contributed by atoms with E-state index in [1.165, 1.54) is 7.05 Å². The topological polar surface area (TPSA) is 83.4 Å². The predicted octanol–water partition coefficient (Wildman–Crippen LogP) is 2.85. The molecule has 1 fully saturated rings. The van der Waals surface area contributed by atoms with E-state index >= 15 is 0 Å². The summed E-state index contributed by atoms with van der Waals surface area (Å²) < 4.78 is 0. The molecule has 0 saturated heterocycles. The number of nitrogens with zero attached hydrogens (tertiary/aromatic N) is 3. The van der Waals surface area contributed by atoms with Gasteiger partial charge in [-0.15, -0.1) is 0 Å². The fraction of sp³-hybridized carbons (Fsp3) is 0.250. The Bertz CT molecular complexity index is 741. The Morgan fingerprint density at radius 3 is 2.68 bits per heavy atom. The van der Waals surface area contributed by atoms with Gasteiger partial charge >= 0.3 is 6.09 Å². The van der Waals surface area contributed by atoms with Crippen LogP contribution in [0, 0.1) is 5.92 Å². The highest BCUT2D eigenvalue weighted by Gasteiger charge is 2.30. The quantitative estimate of drug-likeness (QED) is 0.877. The molecule has 3 rings (SSSR count). The molecule has 0 aromatic carbocycles. The molecule has 0 radical (unpaired) electrons. The number of hydrogen-bond acceptors (Lipinski definition) is 4. The fourth-order valence-corrected chi connectivity index (χ4v) is 2.19. The molecule has 0 atom stereocenters. The first-order valence-electron chi connectivity index (χ1n) is 6.98. The van der Waals surface area contributed by atoms with E-state index in [4.69, 9.17) is 5.11 Å². The Morgan fingerprint density at radius 2 is 2.00 bits per heavy atom. The lowest BCUT2D eigenvalue weighted by molar-refractivity contribution is 0.0967. The zero-order chi connectivity index (χ0) is 15.7. The number of carbonyl (C=O) groups excluding carboxylic acids is 1. The van der Waals surface area contributed by atoms with Crippen molar-refractivity contribution < 1.29 is 14.7 Å². The molecule has 0 bridgehead atoms. The lowest BCUT2D eigenvalue weighted by atomic mass is 10.0. The molecule has 112 valence electrons. The van der Waals surface area contributed by atoms with E-state index in [1.807, 2.05) is 0 Å². The number of anilines is 1. The van der Waals surface area contributed by atoms with Gasteiger partial charge in [0.25, 0.3) is 0 Å². The lowest BCUT2D eigenvalue weighted by Gasteiger charge is -2.13. The molecule has 6 heteroatoms. The van der Waals surface area contributed by atoms with Gasteiger partial charge in [-0.1, -0.05) is 0 Å². The second-order valence-electron chi connectivity index (χ2n) is 5.35. The van der Waals surface area contributed by atoms with Crippen LogP contribution in [-0.4, -0.2) is 34.0 Å². The van der Waals surface area contributed by atoms with Gasteiger partial charge in [-0.2, -0.15) is 0 Å². The third-order valence-corrected chi connectivity index (χ3v) is 3.68. The maximum Gasteiger partial charge on any atom is 0.412 e. The van der Waals surface area contributed by atoms with Crippen LogP contribution in [0.4, 0.5) is 10.6 Å². The SMILES string of the molecule is CN(C(=O)O)c1cc(-c2cncc(C(=O)C3CC3)c2)ccn1. The van der Waals surface area contributed by atoms with Crippen molar-refractivity contribution in [3.8, 4) is 11.1 Å². The lowest BCUT2D eigenvalue weighted by Crippen LogP contribution is -2.24. The van der Waals surface area contributed by atoms with Gasteiger partial charge in [-0.05, 0) is 36.6 Å². The summed E-state index contributed by atoms with van der Waals surface area (Å²) in [7, 11) is 1.43. The van der Waals surface area contributed by atoms with Crippen LogP contribution in [0.5, 0.6) is 0 Å². The minimum Gasteiger partial charge on any atom is -0.465 e. The van der Waals surface area contributed by atoms with Crippen LogP contribution < -0.4 is 4.90 Å². The van der Waals surface area contributed by atoms with Crippen LogP contribution in [0.1, 0.15) is 23.2 Å². The summed E-state index contributed by atoms with van der Waals surface area (Å²) in [6, 6.07) is 5.23. The molecule has 1 N–H and O–H groups in total. The number of rotatable bonds is 4. The maximum atomic E-state index is 12.1. The summed E-state index contributed by atoms with van der Waals surface area (Å²) in [5, 5.41) is 9.01. The number of ketones is 1. The second kappa shape index (κ2) is 5.55. The molecule has 0 unspecified atom stereocenters. The molecule has 1 aliphatic rings. The minimum atomic E-state index is -1.08. The van der Waals surface area contributed by atoms with Crippen molar-refractivity contribution in [1.29, 1.82) is 0 Å². The van der Waals surface area contributed by atoms with Crippen molar-refractivity contribution in [2.24, 2.45) is 5.92 Å². The molecule has 6 nitrogen and oxygen atoms in total. The van der Waals surface area contributed by atoms with Crippen molar-refractivity contribution in [3.05, 3.63) is 42.4 Å². The van der Waals surface area contributed by atoms with Crippen LogP contribution in [0.25, 0.3) is 11.1 Å². The Hall–Kier alpha value is -2.76. The van der Waals surface area contributed by atoms with Crippen LogP contribution in [0.15, 0.2) is 36.8 Å². The van der Waals surface area contributed by atoms with E-state index in [9.17, 15) is 9.59 Å². The Labute approximate surface area is 127 Å². The van der Waals surface area contributed by atoms with Crippen molar-refractivity contribution in [3.63, 3.8) is 0 Å². The number of Topliss-reactive ketones (excluding diaryl/α,β-unsaturated/α-hetero) is 1. The number of carbonyl (C=O) groups is 2. The highest BCUT2D eigenvalue weighted by molar-refractivity contribution is 6.00. The van der Waals surface area contributed by atoms with Crippen LogP contribution in [0.2, 0.25) is 0 Å². The molecular formula is C16H15N3O3. The van der Waals surface area contributed by atoms with Gasteiger partial charge in [0.2, 0.25) is 0 Å². The number of carboxylic acid groups (broad SMARTS) is 1. The zero-order valence-corrected chi connectivity index (χ0v) is 12.1. The smallest absolute Gasteiger partial charge is 0.412 e. The third kappa shape index (κ3) is 2.81. The average Bonchev–Trinajstić information content (AvgIpc) is 3.38. The molecule has 22 heavy (non-hydrogen) atoms. The molecule has 1 saturated carbocycles. The molecule has 1 amide bonds. The van der Waals surface area contributed by atoms with Crippen LogP contribution in [-0.2, 0) is 0 Å². The monoisotopic (exact) mass is 297 g/mol. The molecule has 2 aromatic rings. The Morgan fingerprint density at radius 1 is 1.23 bits per heavy atom. The number of pyridine rings is 2. The zero-order valence-electron chi connectivity index (χ0n) is 12.1. The second-order valence-corrected chi connectivity index (χ2v) is 5.35. The first-order valence-corrected chi connectivity index (χ1v) is 6.98. The minimum absolute atomic E-state index is 0.131. The number of amides is 1. The summed E-state index contributed by atoms with van der Waals surface area (Å²) in [5.41, 5.74) is 2.15.